The number of nitrogens with zero attached hydrogens (tertiary/aromatic N) is 2. The Bertz CT molecular complexity index is 1340. The van der Waals surface area contributed by atoms with Crippen molar-refractivity contribution in [1.29, 1.82) is 0 Å². The standard InChI is InChI=1S/C26H32N4O4S/c1-16-23(14-21-20-13-19(35(3,33)34)8-9-22(20)28-25(21)31)27-17(2)24(16)26(32)30-12-6-7-18(30)15-29-10-4-5-11-29/h8-9,13-14,18,27H,4-7,10-12,15H2,1-3H3,(H,28,31)/t18-/m0/s1. The molecule has 5 rings (SSSR count). The molecule has 2 amide bonds. The Balaban J connectivity index is 1.46. The lowest BCUT2D eigenvalue weighted by Crippen LogP contribution is -2.42. The van der Waals surface area contributed by atoms with Crippen molar-refractivity contribution < 1.29 is 18.0 Å². The number of carbonyl (C=O) groups is 2. The molecule has 35 heavy (non-hydrogen) atoms. The van der Waals surface area contributed by atoms with Gasteiger partial charge in [-0.2, -0.15) is 0 Å². The molecule has 0 radical (unpaired) electrons. The minimum Gasteiger partial charge on any atom is -0.358 e. The molecule has 0 spiro atoms. The molecule has 0 unspecified atom stereocenters. The van der Waals surface area contributed by atoms with Crippen LogP contribution in [0.2, 0.25) is 0 Å². The van der Waals surface area contributed by atoms with Crippen LogP contribution in [0.5, 0.6) is 0 Å². The van der Waals surface area contributed by atoms with Gasteiger partial charge in [0.15, 0.2) is 9.84 Å². The normalized spacial score (nSPS) is 21.7. The fourth-order valence-corrected chi connectivity index (χ4v) is 6.27. The number of sulfone groups is 1. The van der Waals surface area contributed by atoms with Gasteiger partial charge in [-0.25, -0.2) is 8.42 Å². The summed E-state index contributed by atoms with van der Waals surface area (Å²) >= 11 is 0. The molecule has 2 aromatic rings. The van der Waals surface area contributed by atoms with E-state index in [0.717, 1.165) is 56.5 Å². The minimum atomic E-state index is -3.41. The number of amides is 2. The molecule has 186 valence electrons. The average molecular weight is 497 g/mol. The average Bonchev–Trinajstić information content (AvgIpc) is 3.57. The monoisotopic (exact) mass is 496 g/mol. The van der Waals surface area contributed by atoms with Crippen molar-refractivity contribution in [1.82, 2.24) is 14.8 Å². The van der Waals surface area contributed by atoms with Gasteiger partial charge in [0.05, 0.1) is 16.0 Å². The van der Waals surface area contributed by atoms with Gasteiger partial charge < -0.3 is 20.1 Å². The van der Waals surface area contributed by atoms with Crippen molar-refractivity contribution in [3.63, 3.8) is 0 Å². The zero-order valence-corrected chi connectivity index (χ0v) is 21.3. The topological polar surface area (TPSA) is 103 Å². The van der Waals surface area contributed by atoms with Crippen molar-refractivity contribution in [2.24, 2.45) is 0 Å². The van der Waals surface area contributed by atoms with E-state index in [-0.39, 0.29) is 22.8 Å². The summed E-state index contributed by atoms with van der Waals surface area (Å²) in [6, 6.07) is 4.86. The van der Waals surface area contributed by atoms with Crippen LogP contribution in [-0.2, 0) is 14.6 Å². The van der Waals surface area contributed by atoms with Crippen LogP contribution in [0.3, 0.4) is 0 Å². The van der Waals surface area contributed by atoms with Gasteiger partial charge in [-0.3, -0.25) is 9.59 Å². The maximum atomic E-state index is 13.7. The van der Waals surface area contributed by atoms with Gasteiger partial charge in [-0.15, -0.1) is 0 Å². The van der Waals surface area contributed by atoms with E-state index in [1.165, 1.54) is 25.0 Å². The summed E-state index contributed by atoms with van der Waals surface area (Å²) in [6.45, 7) is 7.71. The number of fused-ring (bicyclic) bond motifs is 1. The minimum absolute atomic E-state index is 0.0400. The lowest BCUT2D eigenvalue weighted by Gasteiger charge is -2.28. The van der Waals surface area contributed by atoms with E-state index in [4.69, 9.17) is 0 Å². The van der Waals surface area contributed by atoms with E-state index >= 15 is 0 Å². The van der Waals surface area contributed by atoms with E-state index in [2.05, 4.69) is 15.2 Å². The predicted molar refractivity (Wildman–Crippen MR) is 136 cm³/mol. The van der Waals surface area contributed by atoms with Crippen LogP contribution in [0.4, 0.5) is 5.69 Å². The van der Waals surface area contributed by atoms with Crippen LogP contribution in [0.1, 0.15) is 58.6 Å². The van der Waals surface area contributed by atoms with Gasteiger partial charge in [-0.1, -0.05) is 0 Å². The van der Waals surface area contributed by atoms with E-state index in [9.17, 15) is 18.0 Å². The number of H-pyrrole nitrogens is 1. The highest BCUT2D eigenvalue weighted by molar-refractivity contribution is 7.90. The second kappa shape index (κ2) is 8.95. The third-order valence-electron chi connectivity index (χ3n) is 7.49. The molecule has 0 bridgehead atoms. The molecule has 0 saturated carbocycles. The molecule has 3 aliphatic rings. The number of aryl methyl sites for hydroxylation is 1. The molecular weight excluding hydrogens is 464 g/mol. The Morgan fingerprint density at radius 2 is 1.89 bits per heavy atom. The Hall–Kier alpha value is -2.91. The molecule has 4 heterocycles. The number of hydrogen-bond acceptors (Lipinski definition) is 5. The summed E-state index contributed by atoms with van der Waals surface area (Å²) in [5.74, 6) is -0.256. The summed E-state index contributed by atoms with van der Waals surface area (Å²) in [6.07, 6.45) is 7.38. The number of benzene rings is 1. The molecular formula is C26H32N4O4S. The van der Waals surface area contributed by atoms with Gasteiger partial charge >= 0.3 is 0 Å². The number of carbonyl (C=O) groups excluding carboxylic acids is 2. The third-order valence-corrected chi connectivity index (χ3v) is 8.60. The molecule has 2 fully saturated rings. The van der Waals surface area contributed by atoms with Gasteiger partial charge in [0.25, 0.3) is 11.8 Å². The van der Waals surface area contributed by atoms with Crippen LogP contribution < -0.4 is 5.32 Å². The summed E-state index contributed by atoms with van der Waals surface area (Å²) in [4.78, 5) is 34.3. The number of nitrogens with one attached hydrogen (secondary N) is 2. The first-order valence-corrected chi connectivity index (χ1v) is 14.1. The highest BCUT2D eigenvalue weighted by Crippen LogP contribution is 2.36. The Morgan fingerprint density at radius 1 is 1.14 bits per heavy atom. The van der Waals surface area contributed by atoms with Crippen LogP contribution in [0.15, 0.2) is 23.1 Å². The van der Waals surface area contributed by atoms with E-state index in [1.807, 2.05) is 18.7 Å². The summed E-state index contributed by atoms with van der Waals surface area (Å²) < 4.78 is 24.1. The number of likely N-dealkylation sites (tertiary alicyclic amines) is 2. The molecule has 1 aromatic carbocycles. The fraction of sp³-hybridized carbons (Fsp3) is 0.462. The van der Waals surface area contributed by atoms with Gasteiger partial charge in [0.2, 0.25) is 0 Å². The lowest BCUT2D eigenvalue weighted by atomic mass is 10.0. The van der Waals surface area contributed by atoms with Crippen LogP contribution >= 0.6 is 0 Å². The molecule has 2 saturated heterocycles. The van der Waals surface area contributed by atoms with Gasteiger partial charge in [-0.05, 0) is 82.5 Å². The molecule has 3 aliphatic heterocycles. The Morgan fingerprint density at radius 3 is 2.60 bits per heavy atom. The first-order valence-electron chi connectivity index (χ1n) is 12.2. The SMILES string of the molecule is Cc1[nH]c(C=C2C(=O)Nc3ccc(S(C)(=O)=O)cc32)c(C)c1C(=O)N1CCC[C@H]1CN1CCCC1. The molecule has 1 atom stereocenters. The fourth-order valence-electron chi connectivity index (χ4n) is 5.62. The highest BCUT2D eigenvalue weighted by Gasteiger charge is 2.34. The van der Waals surface area contributed by atoms with Crippen molar-refractivity contribution in [3.05, 3.63) is 46.3 Å². The smallest absolute Gasteiger partial charge is 0.256 e. The quantitative estimate of drug-likeness (QED) is 0.619. The van der Waals surface area contributed by atoms with Gasteiger partial charge in [0.1, 0.15) is 0 Å². The Labute approximate surface area is 206 Å². The molecule has 0 aliphatic carbocycles. The molecule has 2 N–H and O–H groups in total. The zero-order valence-electron chi connectivity index (χ0n) is 20.5. The maximum Gasteiger partial charge on any atom is 0.256 e. The van der Waals surface area contributed by atoms with Crippen LogP contribution in [0.25, 0.3) is 11.6 Å². The number of anilines is 1. The van der Waals surface area contributed by atoms with E-state index < -0.39 is 9.84 Å². The zero-order chi connectivity index (χ0) is 24.9. The second-order valence-corrected chi connectivity index (χ2v) is 12.0. The van der Waals surface area contributed by atoms with E-state index in [0.29, 0.717) is 28.1 Å². The first kappa shape index (κ1) is 23.8. The highest BCUT2D eigenvalue weighted by atomic mass is 32.2. The Kier molecular flexibility index (Phi) is 6.09. The van der Waals surface area contributed by atoms with Crippen molar-refractivity contribution in [2.45, 2.75) is 50.5 Å². The predicted octanol–water partition coefficient (Wildman–Crippen LogP) is 3.23. The van der Waals surface area contributed by atoms with E-state index in [1.54, 1.807) is 12.1 Å². The first-order chi connectivity index (χ1) is 16.6. The summed E-state index contributed by atoms with van der Waals surface area (Å²) in [5, 5.41) is 2.80. The van der Waals surface area contributed by atoms with Crippen LogP contribution in [-0.4, -0.2) is 73.5 Å². The van der Waals surface area contributed by atoms with Crippen molar-refractivity contribution in [3.8, 4) is 0 Å². The molecule has 8 nitrogen and oxygen atoms in total. The number of aromatic amines is 1. The second-order valence-electron chi connectivity index (χ2n) is 9.96. The largest absolute Gasteiger partial charge is 0.358 e. The van der Waals surface area contributed by atoms with Crippen LogP contribution in [0, 0.1) is 13.8 Å². The van der Waals surface area contributed by atoms with Crippen molar-refractivity contribution in [2.75, 3.05) is 37.8 Å². The maximum absolute atomic E-state index is 13.7. The summed E-state index contributed by atoms with van der Waals surface area (Å²) in [5.41, 5.74) is 4.41. The van der Waals surface area contributed by atoms with Crippen molar-refractivity contribution >= 4 is 39.0 Å². The summed E-state index contributed by atoms with van der Waals surface area (Å²) in [7, 11) is -3.41. The number of aromatic nitrogens is 1. The molecule has 9 heteroatoms. The number of hydrogen-bond donors (Lipinski definition) is 2. The number of rotatable bonds is 5. The third kappa shape index (κ3) is 4.43. The molecule has 1 aromatic heterocycles. The lowest BCUT2D eigenvalue weighted by molar-refractivity contribution is -0.110. The van der Waals surface area contributed by atoms with Gasteiger partial charge in [0, 0.05) is 48.0 Å².